The molecule has 0 aliphatic heterocycles. The molecule has 2 nitrogen and oxygen atoms in total. The van der Waals surface area contributed by atoms with Crippen molar-refractivity contribution < 1.29 is 9.36 Å². The van der Waals surface area contributed by atoms with Crippen LogP contribution in [0.1, 0.15) is 20.8 Å². The van der Waals surface area contributed by atoms with Gasteiger partial charge in [-0.2, -0.15) is 4.57 Å². The number of hydrogen-bond donors (Lipinski definition) is 0. The quantitative estimate of drug-likeness (QED) is 0.521. The first-order chi connectivity index (χ1) is 10.3. The lowest BCUT2D eigenvalue weighted by Gasteiger charge is -2.01. The fraction of sp³-hybridized carbons (Fsp3) is 0.111. The van der Waals surface area contributed by atoms with Gasteiger partial charge in [0.1, 0.15) is 0 Å². The Morgan fingerprint density at radius 3 is 2.29 bits per heavy atom. The van der Waals surface area contributed by atoms with Crippen molar-refractivity contribution in [1.82, 2.24) is 0 Å². The first-order valence-corrected chi connectivity index (χ1v) is 7.78. The predicted octanol–water partition coefficient (Wildman–Crippen LogP) is 3.51. The molecule has 21 heavy (non-hydrogen) atoms. The second kappa shape index (κ2) is 6.46. The molecule has 0 N–H and O–H groups in total. The third kappa shape index (κ3) is 3.64. The number of Topliss-reactive ketones (excluding diaryl/α,β-unsaturated/α-hetero) is 1. The Morgan fingerprint density at radius 2 is 1.62 bits per heavy atom. The van der Waals surface area contributed by atoms with E-state index in [0.717, 1.165) is 11.3 Å². The molecule has 0 unspecified atom stereocenters. The van der Waals surface area contributed by atoms with Crippen LogP contribution >= 0.6 is 11.3 Å². The predicted molar refractivity (Wildman–Crippen MR) is 84.5 cm³/mol. The average Bonchev–Trinajstić information content (AvgIpc) is 3.05. The molecule has 0 atom stereocenters. The number of thiophene rings is 1. The van der Waals surface area contributed by atoms with Crippen LogP contribution < -0.4 is 4.57 Å². The minimum Gasteiger partial charge on any atom is -0.286 e. The van der Waals surface area contributed by atoms with Crippen molar-refractivity contribution in [2.24, 2.45) is 0 Å². The lowest BCUT2D eigenvalue weighted by atomic mass is 10.1. The van der Waals surface area contributed by atoms with Gasteiger partial charge in [-0.25, -0.2) is 0 Å². The van der Waals surface area contributed by atoms with Gasteiger partial charge in [-0.05, 0) is 29.0 Å². The maximum atomic E-state index is 12.0. The first-order valence-electron chi connectivity index (χ1n) is 6.90. The molecular formula is C18H16NOS+. The molecule has 1 aromatic carbocycles. The van der Waals surface area contributed by atoms with E-state index in [2.05, 4.69) is 36.4 Å². The van der Waals surface area contributed by atoms with Gasteiger partial charge in [-0.1, -0.05) is 36.4 Å². The van der Waals surface area contributed by atoms with Crippen LogP contribution in [0.5, 0.6) is 0 Å². The summed E-state index contributed by atoms with van der Waals surface area (Å²) in [7, 11) is 0. The Balaban J connectivity index is 1.65. The van der Waals surface area contributed by atoms with Gasteiger partial charge < -0.3 is 0 Å². The van der Waals surface area contributed by atoms with Gasteiger partial charge in [0.25, 0.3) is 0 Å². The minimum atomic E-state index is 0.158. The van der Waals surface area contributed by atoms with E-state index in [4.69, 9.17) is 0 Å². The Morgan fingerprint density at radius 1 is 0.905 bits per heavy atom. The van der Waals surface area contributed by atoms with Crippen molar-refractivity contribution in [2.45, 2.75) is 13.0 Å². The fourth-order valence-electron chi connectivity index (χ4n) is 2.22. The topological polar surface area (TPSA) is 20.9 Å². The maximum Gasteiger partial charge on any atom is 0.237 e. The first kappa shape index (κ1) is 13.7. The summed E-state index contributed by atoms with van der Waals surface area (Å²) < 4.78 is 1.93. The zero-order valence-corrected chi connectivity index (χ0v) is 12.4. The van der Waals surface area contributed by atoms with E-state index in [0.29, 0.717) is 6.54 Å². The van der Waals surface area contributed by atoms with Gasteiger partial charge in [0, 0.05) is 12.1 Å². The third-order valence-corrected chi connectivity index (χ3v) is 4.24. The number of carbonyl (C=O) groups excluding carboxylic acids is 1. The zero-order chi connectivity index (χ0) is 14.5. The van der Waals surface area contributed by atoms with Crippen molar-refractivity contribution in [1.29, 1.82) is 0 Å². The molecule has 104 valence electrons. The lowest BCUT2D eigenvalue weighted by molar-refractivity contribution is -0.683. The van der Waals surface area contributed by atoms with Gasteiger partial charge in [-0.3, -0.25) is 4.79 Å². The summed E-state index contributed by atoms with van der Waals surface area (Å²) in [4.78, 5) is 12.9. The van der Waals surface area contributed by atoms with E-state index < -0.39 is 0 Å². The monoisotopic (exact) mass is 294 g/mol. The van der Waals surface area contributed by atoms with E-state index in [1.54, 1.807) is 0 Å². The van der Waals surface area contributed by atoms with Gasteiger partial charge in [-0.15, -0.1) is 11.3 Å². The van der Waals surface area contributed by atoms with E-state index in [1.807, 2.05) is 40.5 Å². The third-order valence-electron chi connectivity index (χ3n) is 3.33. The second-order valence-electron chi connectivity index (χ2n) is 4.94. The van der Waals surface area contributed by atoms with Crippen LogP contribution in [0.4, 0.5) is 0 Å². The van der Waals surface area contributed by atoms with E-state index in [-0.39, 0.29) is 5.78 Å². The largest absolute Gasteiger partial charge is 0.286 e. The van der Waals surface area contributed by atoms with Crippen LogP contribution in [-0.4, -0.2) is 5.78 Å². The molecule has 3 heteroatoms. The molecule has 0 radical (unpaired) electrons. The van der Waals surface area contributed by atoms with Gasteiger partial charge in [0.2, 0.25) is 12.3 Å². The number of aromatic nitrogens is 1. The summed E-state index contributed by atoms with van der Waals surface area (Å²) in [6, 6.07) is 18.3. The van der Waals surface area contributed by atoms with Gasteiger partial charge in [0.05, 0.1) is 4.88 Å². The molecule has 0 fully saturated rings. The van der Waals surface area contributed by atoms with Crippen molar-refractivity contribution >= 4 is 17.1 Å². The lowest BCUT2D eigenvalue weighted by Crippen LogP contribution is -2.36. The standard InChI is InChI=1S/C18H16NOS/c20-17(18-7-4-12-21-18)14-19-10-8-16(9-11-19)13-15-5-2-1-3-6-15/h1-12H,13-14H2/q+1. The van der Waals surface area contributed by atoms with Crippen LogP contribution in [0.2, 0.25) is 0 Å². The molecule has 0 bridgehead atoms. The van der Waals surface area contributed by atoms with Crippen LogP contribution in [0.25, 0.3) is 0 Å². The van der Waals surface area contributed by atoms with Crippen LogP contribution in [0.3, 0.4) is 0 Å². The molecule has 0 aliphatic carbocycles. The number of benzene rings is 1. The Kier molecular flexibility index (Phi) is 4.22. The maximum absolute atomic E-state index is 12.0. The van der Waals surface area contributed by atoms with Gasteiger partial charge >= 0.3 is 0 Å². The summed E-state index contributed by atoms with van der Waals surface area (Å²) >= 11 is 1.49. The molecule has 2 aromatic heterocycles. The summed E-state index contributed by atoms with van der Waals surface area (Å²) in [5.74, 6) is 0.158. The van der Waals surface area contributed by atoms with Crippen LogP contribution in [0.15, 0.2) is 72.4 Å². The van der Waals surface area contributed by atoms with Gasteiger partial charge in [0.15, 0.2) is 12.4 Å². The van der Waals surface area contributed by atoms with Crippen LogP contribution in [-0.2, 0) is 13.0 Å². The smallest absolute Gasteiger partial charge is 0.237 e. The molecule has 0 saturated heterocycles. The number of pyridine rings is 1. The molecule has 3 aromatic rings. The summed E-state index contributed by atoms with van der Waals surface area (Å²) in [6.07, 6.45) is 4.87. The van der Waals surface area contributed by atoms with E-state index in [9.17, 15) is 4.79 Å². The highest BCUT2D eigenvalue weighted by molar-refractivity contribution is 7.12. The molecule has 0 amide bonds. The number of hydrogen-bond acceptors (Lipinski definition) is 2. The van der Waals surface area contributed by atoms with Crippen molar-refractivity contribution in [3.8, 4) is 0 Å². The summed E-state index contributed by atoms with van der Waals surface area (Å²) in [6.45, 7) is 0.395. The molecule has 3 rings (SSSR count). The number of carbonyl (C=O) groups is 1. The molecule has 2 heterocycles. The highest BCUT2D eigenvalue weighted by atomic mass is 32.1. The summed E-state index contributed by atoms with van der Waals surface area (Å²) in [5, 5.41) is 1.93. The van der Waals surface area contributed by atoms with Crippen LogP contribution in [0, 0.1) is 0 Å². The normalized spacial score (nSPS) is 10.5. The number of ketones is 1. The summed E-state index contributed by atoms with van der Waals surface area (Å²) in [5.41, 5.74) is 2.55. The SMILES string of the molecule is O=C(C[n+]1ccc(Cc2ccccc2)cc1)c1cccs1. The van der Waals surface area contributed by atoms with E-state index in [1.165, 1.54) is 22.5 Å². The highest BCUT2D eigenvalue weighted by Crippen LogP contribution is 2.10. The van der Waals surface area contributed by atoms with Crippen molar-refractivity contribution in [3.05, 3.63) is 88.4 Å². The minimum absolute atomic E-state index is 0.158. The average molecular weight is 294 g/mol. The second-order valence-corrected chi connectivity index (χ2v) is 5.89. The van der Waals surface area contributed by atoms with E-state index >= 15 is 0 Å². The molecular weight excluding hydrogens is 278 g/mol. The van der Waals surface area contributed by atoms with Crippen molar-refractivity contribution in [2.75, 3.05) is 0 Å². The number of rotatable bonds is 5. The highest BCUT2D eigenvalue weighted by Gasteiger charge is 2.12. The molecule has 0 spiro atoms. The Labute approximate surface area is 128 Å². The fourth-order valence-corrected chi connectivity index (χ4v) is 2.88. The molecule has 0 aliphatic rings. The Hall–Kier alpha value is -2.26. The van der Waals surface area contributed by atoms with Crippen molar-refractivity contribution in [3.63, 3.8) is 0 Å². The number of nitrogens with zero attached hydrogens (tertiary/aromatic N) is 1. The molecule has 0 saturated carbocycles. The zero-order valence-electron chi connectivity index (χ0n) is 11.6. The Bertz CT molecular complexity index is 703.